The fraction of sp³-hybridized carbons (Fsp3) is 0.600. The number of hydrogen-bond acceptors (Lipinski definition) is 5. The first kappa shape index (κ1) is 20.4. The zero-order valence-corrected chi connectivity index (χ0v) is 16.3. The molecule has 0 radical (unpaired) electrons. The van der Waals surface area contributed by atoms with Crippen LogP contribution in [-0.4, -0.2) is 68.6 Å². The van der Waals surface area contributed by atoms with Gasteiger partial charge in [-0.3, -0.25) is 9.69 Å². The summed E-state index contributed by atoms with van der Waals surface area (Å²) >= 11 is 0. The lowest BCUT2D eigenvalue weighted by molar-refractivity contribution is -0.125. The van der Waals surface area contributed by atoms with E-state index >= 15 is 0 Å². The summed E-state index contributed by atoms with van der Waals surface area (Å²) in [5.41, 5.74) is 1.46. The minimum Gasteiger partial charge on any atom is -0.465 e. The van der Waals surface area contributed by atoms with Gasteiger partial charge in [0.25, 0.3) is 0 Å². The lowest BCUT2D eigenvalue weighted by atomic mass is 9.97. The van der Waals surface area contributed by atoms with E-state index in [2.05, 4.69) is 26.9 Å². The van der Waals surface area contributed by atoms with Crippen molar-refractivity contribution in [1.82, 2.24) is 15.1 Å². The van der Waals surface area contributed by atoms with E-state index in [1.165, 1.54) is 26.5 Å². The van der Waals surface area contributed by atoms with Gasteiger partial charge in [-0.25, -0.2) is 4.79 Å². The number of nitrogens with one attached hydrogen (secondary N) is 1. The van der Waals surface area contributed by atoms with Crippen LogP contribution in [0.25, 0.3) is 0 Å². The molecule has 6 heteroatoms. The molecule has 1 amide bonds. The number of rotatable bonds is 7. The molecular formula is C20H31N3O3. The van der Waals surface area contributed by atoms with Gasteiger partial charge in [-0.1, -0.05) is 12.1 Å². The molecule has 1 heterocycles. The van der Waals surface area contributed by atoms with E-state index in [0.29, 0.717) is 18.0 Å². The van der Waals surface area contributed by atoms with E-state index in [0.717, 1.165) is 18.7 Å². The number of methoxy groups -OCH3 is 1. The van der Waals surface area contributed by atoms with Crippen molar-refractivity contribution >= 4 is 11.9 Å². The third-order valence-corrected chi connectivity index (χ3v) is 5.15. The molecule has 0 bridgehead atoms. The maximum absolute atomic E-state index is 12.4. The van der Waals surface area contributed by atoms with Crippen molar-refractivity contribution in [3.8, 4) is 0 Å². The highest BCUT2D eigenvalue weighted by Crippen LogP contribution is 2.16. The Hall–Kier alpha value is -1.92. The van der Waals surface area contributed by atoms with Gasteiger partial charge in [0.15, 0.2) is 0 Å². The number of hydrogen-bond donors (Lipinski definition) is 1. The molecule has 1 saturated heterocycles. The summed E-state index contributed by atoms with van der Waals surface area (Å²) in [6.45, 7) is 5.61. The van der Waals surface area contributed by atoms with Crippen LogP contribution in [0.4, 0.5) is 0 Å². The minimum absolute atomic E-state index is 0.0220. The number of benzene rings is 1. The molecule has 0 spiro atoms. The molecule has 2 unspecified atom stereocenters. The Morgan fingerprint density at radius 1 is 1.35 bits per heavy atom. The van der Waals surface area contributed by atoms with Gasteiger partial charge >= 0.3 is 5.97 Å². The zero-order valence-electron chi connectivity index (χ0n) is 16.3. The van der Waals surface area contributed by atoms with Crippen LogP contribution in [0.2, 0.25) is 0 Å². The van der Waals surface area contributed by atoms with E-state index in [9.17, 15) is 9.59 Å². The molecule has 2 rings (SSSR count). The first-order valence-corrected chi connectivity index (χ1v) is 9.24. The van der Waals surface area contributed by atoms with Gasteiger partial charge in [-0.05, 0) is 64.0 Å². The standard InChI is InChI=1S/C20H31N3O3/c1-15(23(3)14-17-6-5-11-22(2)13-17)19(24)21-12-16-7-9-18(10-8-16)20(25)26-4/h7-10,15,17H,5-6,11-14H2,1-4H3,(H,21,24). The highest BCUT2D eigenvalue weighted by molar-refractivity contribution is 5.89. The van der Waals surface area contributed by atoms with Gasteiger partial charge in [0.05, 0.1) is 18.7 Å². The second-order valence-electron chi connectivity index (χ2n) is 7.29. The first-order chi connectivity index (χ1) is 12.4. The molecule has 1 aromatic rings. The van der Waals surface area contributed by atoms with Crippen molar-refractivity contribution in [2.75, 3.05) is 40.8 Å². The molecule has 26 heavy (non-hydrogen) atoms. The second kappa shape index (κ2) is 9.69. The fourth-order valence-electron chi connectivity index (χ4n) is 3.40. The Balaban J connectivity index is 1.79. The lowest BCUT2D eigenvalue weighted by Crippen LogP contribution is -2.46. The first-order valence-electron chi connectivity index (χ1n) is 9.24. The lowest BCUT2D eigenvalue weighted by Gasteiger charge is -2.34. The van der Waals surface area contributed by atoms with Crippen LogP contribution in [-0.2, 0) is 16.1 Å². The average Bonchev–Trinajstić information content (AvgIpc) is 2.65. The highest BCUT2D eigenvalue weighted by atomic mass is 16.5. The number of carbonyl (C=O) groups is 2. The van der Waals surface area contributed by atoms with E-state index in [4.69, 9.17) is 0 Å². The Morgan fingerprint density at radius 3 is 2.65 bits per heavy atom. The number of ether oxygens (including phenoxy) is 1. The van der Waals surface area contributed by atoms with Crippen molar-refractivity contribution < 1.29 is 14.3 Å². The smallest absolute Gasteiger partial charge is 0.337 e. The molecule has 1 aliphatic heterocycles. The van der Waals surface area contributed by atoms with E-state index in [1.807, 2.05) is 26.1 Å². The van der Waals surface area contributed by atoms with Crippen LogP contribution >= 0.6 is 0 Å². The van der Waals surface area contributed by atoms with Crippen molar-refractivity contribution in [1.29, 1.82) is 0 Å². The summed E-state index contributed by atoms with van der Waals surface area (Å²) in [5, 5.41) is 2.98. The predicted octanol–water partition coefficient (Wildman–Crippen LogP) is 1.75. The third kappa shape index (κ3) is 5.81. The molecule has 6 nitrogen and oxygen atoms in total. The van der Waals surface area contributed by atoms with Crippen LogP contribution in [0.1, 0.15) is 35.7 Å². The molecule has 0 aromatic heterocycles. The second-order valence-corrected chi connectivity index (χ2v) is 7.29. The SMILES string of the molecule is COC(=O)c1ccc(CNC(=O)C(C)N(C)CC2CCCN(C)C2)cc1. The fourth-order valence-corrected chi connectivity index (χ4v) is 3.40. The molecule has 0 aliphatic carbocycles. The summed E-state index contributed by atoms with van der Waals surface area (Å²) in [6.07, 6.45) is 2.46. The molecule has 1 aliphatic rings. The molecule has 0 saturated carbocycles. The molecule has 2 atom stereocenters. The minimum atomic E-state index is -0.357. The number of likely N-dealkylation sites (N-methyl/N-ethyl adjacent to an activating group) is 1. The maximum atomic E-state index is 12.4. The van der Waals surface area contributed by atoms with Crippen molar-refractivity contribution in [3.63, 3.8) is 0 Å². The van der Waals surface area contributed by atoms with E-state index in [1.54, 1.807) is 12.1 Å². The summed E-state index contributed by atoms with van der Waals surface area (Å²) in [5.74, 6) is 0.290. The van der Waals surface area contributed by atoms with Gasteiger partial charge in [0, 0.05) is 19.6 Å². The monoisotopic (exact) mass is 361 g/mol. The summed E-state index contributed by atoms with van der Waals surface area (Å²) in [6, 6.07) is 6.92. The van der Waals surface area contributed by atoms with E-state index in [-0.39, 0.29) is 17.9 Å². The summed E-state index contributed by atoms with van der Waals surface area (Å²) < 4.78 is 4.68. The maximum Gasteiger partial charge on any atom is 0.337 e. The van der Waals surface area contributed by atoms with Gasteiger partial charge in [-0.15, -0.1) is 0 Å². The number of carbonyl (C=O) groups excluding carboxylic acids is 2. The van der Waals surface area contributed by atoms with Crippen molar-refractivity contribution in [2.24, 2.45) is 5.92 Å². The number of esters is 1. The third-order valence-electron chi connectivity index (χ3n) is 5.15. The zero-order chi connectivity index (χ0) is 19.1. The van der Waals surface area contributed by atoms with E-state index < -0.39 is 0 Å². The Kier molecular flexibility index (Phi) is 7.60. The number of amides is 1. The van der Waals surface area contributed by atoms with Crippen LogP contribution in [0.5, 0.6) is 0 Å². The molecular weight excluding hydrogens is 330 g/mol. The molecule has 144 valence electrons. The van der Waals surface area contributed by atoms with Gasteiger partial charge < -0.3 is 15.0 Å². The van der Waals surface area contributed by atoms with Crippen LogP contribution in [0.15, 0.2) is 24.3 Å². The number of piperidine rings is 1. The van der Waals surface area contributed by atoms with Gasteiger partial charge in [-0.2, -0.15) is 0 Å². The number of likely N-dealkylation sites (tertiary alicyclic amines) is 1. The largest absolute Gasteiger partial charge is 0.465 e. The summed E-state index contributed by atoms with van der Waals surface area (Å²) in [7, 11) is 5.54. The van der Waals surface area contributed by atoms with Gasteiger partial charge in [0.2, 0.25) is 5.91 Å². The van der Waals surface area contributed by atoms with Crippen molar-refractivity contribution in [2.45, 2.75) is 32.4 Å². The Labute approximate surface area is 156 Å². The topological polar surface area (TPSA) is 61.9 Å². The van der Waals surface area contributed by atoms with Crippen LogP contribution in [0, 0.1) is 5.92 Å². The Morgan fingerprint density at radius 2 is 2.04 bits per heavy atom. The molecule has 1 aromatic carbocycles. The highest BCUT2D eigenvalue weighted by Gasteiger charge is 2.23. The summed E-state index contributed by atoms with van der Waals surface area (Å²) in [4.78, 5) is 28.4. The molecule has 1 N–H and O–H groups in total. The van der Waals surface area contributed by atoms with Crippen molar-refractivity contribution in [3.05, 3.63) is 35.4 Å². The Bertz CT molecular complexity index is 603. The van der Waals surface area contributed by atoms with Gasteiger partial charge in [0.1, 0.15) is 0 Å². The molecule has 1 fully saturated rings. The predicted molar refractivity (Wildman–Crippen MR) is 102 cm³/mol. The normalized spacial score (nSPS) is 19.2. The van der Waals surface area contributed by atoms with Crippen LogP contribution in [0.3, 0.4) is 0 Å². The number of nitrogens with zero attached hydrogens (tertiary/aromatic N) is 2. The van der Waals surface area contributed by atoms with Crippen LogP contribution < -0.4 is 5.32 Å². The average molecular weight is 361 g/mol. The quantitative estimate of drug-likeness (QED) is 0.750.